The molecule has 0 bridgehead atoms. The first kappa shape index (κ1) is 12.8. The van der Waals surface area contributed by atoms with E-state index in [-0.39, 0.29) is 22.9 Å². The summed E-state index contributed by atoms with van der Waals surface area (Å²) in [5.41, 5.74) is 5.52. The number of ether oxygens (including phenoxy) is 2. The number of halogens is 1. The molecular weight excluding hydrogens is 255 g/mol. The van der Waals surface area contributed by atoms with Crippen molar-refractivity contribution < 1.29 is 18.7 Å². The number of rotatable bonds is 4. The minimum absolute atomic E-state index is 0.0321. The molecule has 0 fully saturated rings. The molecule has 1 aromatic carbocycles. The van der Waals surface area contributed by atoms with Crippen molar-refractivity contribution in [2.45, 2.75) is 0 Å². The minimum atomic E-state index is -0.765. The van der Waals surface area contributed by atoms with Gasteiger partial charge in [0.25, 0.3) is 5.91 Å². The summed E-state index contributed by atoms with van der Waals surface area (Å²) in [6.07, 6.45) is 0. The van der Waals surface area contributed by atoms with Gasteiger partial charge in [0, 0.05) is 5.56 Å². The molecule has 0 radical (unpaired) electrons. The molecule has 0 aliphatic heterocycles. The lowest BCUT2D eigenvalue weighted by Crippen LogP contribution is -2.12. The Hall–Kier alpha value is -2.64. The van der Waals surface area contributed by atoms with Crippen molar-refractivity contribution in [3.8, 4) is 22.8 Å². The number of benzene rings is 1. The molecule has 7 nitrogen and oxygen atoms in total. The highest BCUT2D eigenvalue weighted by Crippen LogP contribution is 2.35. The number of primary amides is 1. The summed E-state index contributed by atoms with van der Waals surface area (Å²) in [7, 11) is 2.70. The van der Waals surface area contributed by atoms with Crippen molar-refractivity contribution in [1.82, 2.24) is 15.4 Å². The molecule has 1 amide bonds. The maximum Gasteiger partial charge on any atom is 0.271 e. The Morgan fingerprint density at radius 3 is 2.63 bits per heavy atom. The Morgan fingerprint density at radius 2 is 2.05 bits per heavy atom. The van der Waals surface area contributed by atoms with Gasteiger partial charge in [-0.05, 0) is 12.1 Å². The molecule has 3 N–H and O–H groups in total. The van der Waals surface area contributed by atoms with Crippen LogP contribution in [0.2, 0.25) is 0 Å². The Kier molecular flexibility index (Phi) is 3.32. The number of H-pyrrole nitrogens is 1. The molecule has 0 saturated carbocycles. The van der Waals surface area contributed by atoms with Crippen molar-refractivity contribution in [2.75, 3.05) is 14.2 Å². The van der Waals surface area contributed by atoms with E-state index in [2.05, 4.69) is 15.4 Å². The molecule has 0 saturated heterocycles. The second-order valence-corrected chi connectivity index (χ2v) is 3.58. The summed E-state index contributed by atoms with van der Waals surface area (Å²) in [5.74, 6) is -1.26. The monoisotopic (exact) mass is 266 g/mol. The number of hydrogen-bond acceptors (Lipinski definition) is 5. The number of amides is 1. The Balaban J connectivity index is 2.60. The summed E-state index contributed by atoms with van der Waals surface area (Å²) in [5, 5.41) is 9.66. The molecule has 0 atom stereocenters. The van der Waals surface area contributed by atoms with E-state index in [1.165, 1.54) is 20.3 Å². The van der Waals surface area contributed by atoms with Crippen LogP contribution in [0.5, 0.6) is 11.5 Å². The number of carbonyl (C=O) groups excluding carboxylic acids is 1. The molecule has 8 heteroatoms. The van der Waals surface area contributed by atoms with Gasteiger partial charge in [-0.15, -0.1) is 0 Å². The first-order chi connectivity index (χ1) is 9.08. The summed E-state index contributed by atoms with van der Waals surface area (Å²) >= 11 is 0. The second kappa shape index (κ2) is 4.92. The van der Waals surface area contributed by atoms with Crippen LogP contribution in [0.4, 0.5) is 4.39 Å². The summed E-state index contributed by atoms with van der Waals surface area (Å²) < 4.78 is 23.7. The molecule has 1 aromatic heterocycles. The van der Waals surface area contributed by atoms with E-state index < -0.39 is 11.7 Å². The largest absolute Gasteiger partial charge is 0.493 e. The van der Waals surface area contributed by atoms with Gasteiger partial charge in [0.2, 0.25) is 0 Å². The van der Waals surface area contributed by atoms with E-state index in [9.17, 15) is 9.18 Å². The van der Waals surface area contributed by atoms with Gasteiger partial charge in [0.1, 0.15) is 5.69 Å². The molecule has 2 rings (SSSR count). The van der Waals surface area contributed by atoms with E-state index in [0.717, 1.165) is 6.07 Å². The smallest absolute Gasteiger partial charge is 0.271 e. The topological polar surface area (TPSA) is 103 Å². The third-order valence-corrected chi connectivity index (χ3v) is 2.49. The van der Waals surface area contributed by atoms with Gasteiger partial charge in [-0.3, -0.25) is 4.79 Å². The van der Waals surface area contributed by atoms with E-state index in [1.807, 2.05) is 0 Å². The van der Waals surface area contributed by atoms with Gasteiger partial charge in [-0.25, -0.2) is 4.39 Å². The van der Waals surface area contributed by atoms with Crippen LogP contribution in [0.1, 0.15) is 10.5 Å². The fourth-order valence-electron chi connectivity index (χ4n) is 1.66. The number of nitrogens with zero attached hydrogens (tertiary/aromatic N) is 2. The van der Waals surface area contributed by atoms with Crippen molar-refractivity contribution in [3.05, 3.63) is 23.6 Å². The Bertz CT molecular complexity index is 626. The third kappa shape index (κ3) is 2.19. The summed E-state index contributed by atoms with van der Waals surface area (Å²) in [6, 6.07) is 2.64. The maximum absolute atomic E-state index is 13.8. The predicted octanol–water partition coefficient (Wildman–Crippen LogP) is 0.727. The first-order valence-corrected chi connectivity index (χ1v) is 5.21. The fourth-order valence-corrected chi connectivity index (χ4v) is 1.66. The third-order valence-electron chi connectivity index (χ3n) is 2.49. The van der Waals surface area contributed by atoms with Crippen LogP contribution in [0.15, 0.2) is 12.1 Å². The average Bonchev–Trinajstić information content (AvgIpc) is 2.87. The normalized spacial score (nSPS) is 10.3. The molecule has 0 aliphatic carbocycles. The zero-order valence-electron chi connectivity index (χ0n) is 10.2. The zero-order valence-corrected chi connectivity index (χ0v) is 10.2. The lowest BCUT2D eigenvalue weighted by molar-refractivity contribution is 0.0996. The van der Waals surface area contributed by atoms with Gasteiger partial charge in [-0.1, -0.05) is 0 Å². The molecule has 19 heavy (non-hydrogen) atoms. The highest BCUT2D eigenvalue weighted by atomic mass is 19.1. The number of carbonyl (C=O) groups is 1. The lowest BCUT2D eigenvalue weighted by Gasteiger charge is -2.10. The maximum atomic E-state index is 13.8. The van der Waals surface area contributed by atoms with Crippen molar-refractivity contribution in [3.63, 3.8) is 0 Å². The highest BCUT2D eigenvalue weighted by Gasteiger charge is 2.19. The van der Waals surface area contributed by atoms with Crippen molar-refractivity contribution in [2.24, 2.45) is 5.73 Å². The van der Waals surface area contributed by atoms with Crippen molar-refractivity contribution in [1.29, 1.82) is 0 Å². The van der Waals surface area contributed by atoms with E-state index in [4.69, 9.17) is 15.2 Å². The highest BCUT2D eigenvalue weighted by molar-refractivity contribution is 5.96. The van der Waals surface area contributed by atoms with Crippen LogP contribution in [0.25, 0.3) is 11.3 Å². The molecule has 1 heterocycles. The predicted molar refractivity (Wildman–Crippen MR) is 63.4 cm³/mol. The minimum Gasteiger partial charge on any atom is -0.493 e. The van der Waals surface area contributed by atoms with Gasteiger partial charge in [0.05, 0.1) is 14.2 Å². The Labute approximate surface area is 107 Å². The number of aromatic nitrogens is 3. The number of hydrogen-bond donors (Lipinski definition) is 2. The van der Waals surface area contributed by atoms with E-state index in [1.54, 1.807) is 0 Å². The van der Waals surface area contributed by atoms with Crippen LogP contribution in [-0.4, -0.2) is 35.5 Å². The summed E-state index contributed by atoms with van der Waals surface area (Å²) in [4.78, 5) is 11.2. The van der Waals surface area contributed by atoms with E-state index in [0.29, 0.717) is 5.56 Å². The molecule has 2 aromatic rings. The average molecular weight is 266 g/mol. The lowest BCUT2D eigenvalue weighted by atomic mass is 10.1. The SMILES string of the molecule is COc1cc(-c2n[nH]nc2C(N)=O)cc(F)c1OC. The molecule has 0 aliphatic rings. The van der Waals surface area contributed by atoms with Crippen LogP contribution in [-0.2, 0) is 0 Å². The van der Waals surface area contributed by atoms with Gasteiger partial charge in [-0.2, -0.15) is 15.4 Å². The second-order valence-electron chi connectivity index (χ2n) is 3.58. The quantitative estimate of drug-likeness (QED) is 0.849. The van der Waals surface area contributed by atoms with Crippen LogP contribution in [0.3, 0.4) is 0 Å². The molecule has 100 valence electrons. The van der Waals surface area contributed by atoms with Gasteiger partial charge < -0.3 is 15.2 Å². The Morgan fingerprint density at radius 1 is 1.32 bits per heavy atom. The number of nitrogens with two attached hydrogens (primary N) is 1. The molecule has 0 unspecified atom stereocenters. The fraction of sp³-hybridized carbons (Fsp3) is 0.182. The van der Waals surface area contributed by atoms with E-state index >= 15 is 0 Å². The molecule has 0 spiro atoms. The van der Waals surface area contributed by atoms with Crippen molar-refractivity contribution >= 4 is 5.91 Å². The van der Waals surface area contributed by atoms with Gasteiger partial charge >= 0.3 is 0 Å². The number of methoxy groups -OCH3 is 2. The van der Waals surface area contributed by atoms with Gasteiger partial charge in [0.15, 0.2) is 23.0 Å². The van der Waals surface area contributed by atoms with Crippen LogP contribution < -0.4 is 15.2 Å². The number of aromatic amines is 1. The standard InChI is InChI=1S/C11H11FN4O3/c1-18-7-4-5(3-6(12)10(7)19-2)8-9(11(13)17)15-16-14-8/h3-4H,1-2H3,(H2,13,17)(H,14,15,16). The summed E-state index contributed by atoms with van der Waals surface area (Å²) in [6.45, 7) is 0. The van der Waals surface area contributed by atoms with Crippen LogP contribution in [0, 0.1) is 5.82 Å². The zero-order chi connectivity index (χ0) is 14.0. The molecular formula is C11H11FN4O3. The number of nitrogens with one attached hydrogen (secondary N) is 1. The van der Waals surface area contributed by atoms with Crippen LogP contribution >= 0.6 is 0 Å². The first-order valence-electron chi connectivity index (χ1n) is 5.21.